The highest BCUT2D eigenvalue weighted by molar-refractivity contribution is 7.80. The molecule has 0 fully saturated rings. The van der Waals surface area contributed by atoms with Gasteiger partial charge in [0.2, 0.25) is 0 Å². The smallest absolute Gasteiger partial charge is 0.264 e. The molecule has 0 saturated carbocycles. The number of rotatable bonds is 17. The van der Waals surface area contributed by atoms with Crippen LogP contribution in [0, 0.1) is 5.92 Å². The van der Waals surface area contributed by atoms with Gasteiger partial charge >= 0.3 is 10.4 Å². The highest BCUT2D eigenvalue weighted by atomic mass is 32.3. The van der Waals surface area contributed by atoms with Gasteiger partial charge in [0, 0.05) is 5.92 Å². The zero-order valence-electron chi connectivity index (χ0n) is 15.7. The third kappa shape index (κ3) is 18.0. The fraction of sp³-hybridized carbons (Fsp3) is 0.895. The highest BCUT2D eigenvalue weighted by Gasteiger charge is 2.11. The number of hydrogen-bond acceptors (Lipinski definition) is 3. The van der Waals surface area contributed by atoms with E-state index in [2.05, 4.69) is 30.2 Å². The van der Waals surface area contributed by atoms with Crippen molar-refractivity contribution in [3.05, 3.63) is 12.2 Å². The lowest BCUT2D eigenvalue weighted by Gasteiger charge is -2.12. The second kappa shape index (κ2) is 16.1. The molecule has 0 aliphatic carbocycles. The molecule has 1 unspecified atom stereocenters. The maximum absolute atomic E-state index is 10.8. The Bertz CT molecular complexity index is 390. The van der Waals surface area contributed by atoms with Crippen LogP contribution in [0.5, 0.6) is 0 Å². The van der Waals surface area contributed by atoms with Crippen molar-refractivity contribution in [3.63, 3.8) is 0 Å². The molecule has 0 aromatic heterocycles. The molecule has 1 N–H and O–H groups in total. The van der Waals surface area contributed by atoms with Crippen LogP contribution in [0.1, 0.15) is 97.3 Å². The van der Waals surface area contributed by atoms with E-state index < -0.39 is 10.4 Å². The van der Waals surface area contributed by atoms with Crippen LogP contribution in [-0.4, -0.2) is 19.6 Å². The van der Waals surface area contributed by atoms with E-state index in [9.17, 15) is 8.42 Å². The Morgan fingerprint density at radius 3 is 2.00 bits per heavy atom. The van der Waals surface area contributed by atoms with Gasteiger partial charge in [-0.2, -0.15) is 8.42 Å². The maximum Gasteiger partial charge on any atom is 0.397 e. The first-order valence-electron chi connectivity index (χ1n) is 9.78. The van der Waals surface area contributed by atoms with Gasteiger partial charge in [-0.1, -0.05) is 90.2 Å². The van der Waals surface area contributed by atoms with E-state index in [1.807, 2.05) is 0 Å². The molecule has 5 heteroatoms. The topological polar surface area (TPSA) is 63.6 Å². The van der Waals surface area contributed by atoms with Crippen LogP contribution < -0.4 is 0 Å². The zero-order chi connectivity index (χ0) is 18.1. The first kappa shape index (κ1) is 23.6. The molecule has 0 spiro atoms. The molecular weight excluding hydrogens is 324 g/mol. The second-order valence-corrected chi connectivity index (χ2v) is 7.75. The van der Waals surface area contributed by atoms with Crippen LogP contribution in [0.2, 0.25) is 0 Å². The van der Waals surface area contributed by atoms with Crippen LogP contribution >= 0.6 is 0 Å². The average molecular weight is 363 g/mol. The van der Waals surface area contributed by atoms with E-state index in [1.54, 1.807) is 0 Å². The average Bonchev–Trinajstić information content (AvgIpc) is 2.53. The first-order chi connectivity index (χ1) is 11.5. The van der Waals surface area contributed by atoms with Gasteiger partial charge in [-0.25, -0.2) is 4.18 Å². The molecule has 0 rings (SSSR count). The van der Waals surface area contributed by atoms with Gasteiger partial charge < -0.3 is 0 Å². The molecule has 0 aliphatic heterocycles. The van der Waals surface area contributed by atoms with Gasteiger partial charge in [0.1, 0.15) is 0 Å². The molecule has 0 bridgehead atoms. The van der Waals surface area contributed by atoms with Gasteiger partial charge in [0.25, 0.3) is 0 Å². The molecule has 0 aromatic carbocycles. The molecule has 0 aromatic rings. The summed E-state index contributed by atoms with van der Waals surface area (Å²) in [5.41, 5.74) is 0. The number of hydrogen-bond donors (Lipinski definition) is 1. The van der Waals surface area contributed by atoms with E-state index in [0.717, 1.165) is 19.3 Å². The van der Waals surface area contributed by atoms with Crippen molar-refractivity contribution in [3.8, 4) is 0 Å². The molecular formula is C19H38O4S. The van der Waals surface area contributed by atoms with E-state index in [-0.39, 0.29) is 12.5 Å². The van der Waals surface area contributed by atoms with E-state index >= 15 is 0 Å². The van der Waals surface area contributed by atoms with Crippen molar-refractivity contribution >= 4 is 10.4 Å². The lowest BCUT2D eigenvalue weighted by Crippen LogP contribution is -2.12. The van der Waals surface area contributed by atoms with Crippen molar-refractivity contribution in [1.82, 2.24) is 0 Å². The SMILES string of the molecule is CCCCCCC/C=C/C(CCCCCCCC)COS(=O)(=O)O. The summed E-state index contributed by atoms with van der Waals surface area (Å²) in [6.45, 7) is 4.46. The van der Waals surface area contributed by atoms with Gasteiger partial charge in [0.15, 0.2) is 0 Å². The summed E-state index contributed by atoms with van der Waals surface area (Å²) < 4.78 is 34.9. The minimum atomic E-state index is -4.34. The normalized spacial score (nSPS) is 13.6. The molecule has 24 heavy (non-hydrogen) atoms. The minimum absolute atomic E-state index is 0.0418. The summed E-state index contributed by atoms with van der Waals surface area (Å²) in [4.78, 5) is 0. The molecule has 0 heterocycles. The van der Waals surface area contributed by atoms with E-state index in [0.29, 0.717) is 0 Å². The van der Waals surface area contributed by atoms with Gasteiger partial charge in [-0.3, -0.25) is 4.55 Å². The van der Waals surface area contributed by atoms with Crippen molar-refractivity contribution in [2.24, 2.45) is 5.92 Å². The summed E-state index contributed by atoms with van der Waals surface area (Å²) >= 11 is 0. The third-order valence-corrected chi connectivity index (χ3v) is 4.68. The first-order valence-corrected chi connectivity index (χ1v) is 11.1. The maximum atomic E-state index is 10.8. The Labute approximate surface area is 150 Å². The molecule has 0 aliphatic rings. The molecule has 0 saturated heterocycles. The quantitative estimate of drug-likeness (QED) is 0.193. The summed E-state index contributed by atoms with van der Waals surface area (Å²) in [5.74, 6) is 0.0636. The summed E-state index contributed by atoms with van der Waals surface area (Å²) in [7, 11) is -4.34. The van der Waals surface area contributed by atoms with Crippen LogP contribution in [0.3, 0.4) is 0 Å². The van der Waals surface area contributed by atoms with Crippen LogP contribution in [0.25, 0.3) is 0 Å². The summed E-state index contributed by atoms with van der Waals surface area (Å²) in [6.07, 6.45) is 19.7. The predicted molar refractivity (Wildman–Crippen MR) is 101 cm³/mol. The van der Waals surface area contributed by atoms with Crippen LogP contribution in [0.4, 0.5) is 0 Å². The standard InChI is InChI=1S/C19H38O4S/c1-3-5-7-9-11-13-15-17-19(18-23-24(20,21)22)16-14-12-10-8-6-4-2/h15,17,19H,3-14,16,18H2,1-2H3,(H,20,21,22)/b17-15+. The number of allylic oxidation sites excluding steroid dienone is 1. The highest BCUT2D eigenvalue weighted by Crippen LogP contribution is 2.16. The van der Waals surface area contributed by atoms with Crippen LogP contribution in [-0.2, 0) is 14.6 Å². The largest absolute Gasteiger partial charge is 0.397 e. The van der Waals surface area contributed by atoms with Crippen molar-refractivity contribution in [2.45, 2.75) is 97.3 Å². The Morgan fingerprint density at radius 2 is 1.42 bits per heavy atom. The van der Waals surface area contributed by atoms with Crippen molar-refractivity contribution < 1.29 is 17.2 Å². The van der Waals surface area contributed by atoms with Gasteiger partial charge in [-0.15, -0.1) is 0 Å². The zero-order valence-corrected chi connectivity index (χ0v) is 16.5. The summed E-state index contributed by atoms with van der Waals surface area (Å²) in [6, 6.07) is 0. The molecule has 4 nitrogen and oxygen atoms in total. The number of unbranched alkanes of at least 4 members (excludes halogenated alkanes) is 10. The van der Waals surface area contributed by atoms with Crippen molar-refractivity contribution in [1.29, 1.82) is 0 Å². The molecule has 0 radical (unpaired) electrons. The van der Waals surface area contributed by atoms with Gasteiger partial charge in [0.05, 0.1) is 6.61 Å². The molecule has 144 valence electrons. The Balaban J connectivity index is 4.03. The fourth-order valence-electron chi connectivity index (χ4n) is 2.75. The third-order valence-electron chi connectivity index (χ3n) is 4.24. The Hall–Kier alpha value is -0.390. The van der Waals surface area contributed by atoms with Crippen LogP contribution in [0.15, 0.2) is 12.2 Å². The van der Waals surface area contributed by atoms with Crippen molar-refractivity contribution in [2.75, 3.05) is 6.61 Å². The van der Waals surface area contributed by atoms with Gasteiger partial charge in [-0.05, 0) is 19.3 Å². The predicted octanol–water partition coefficient (Wildman–Crippen LogP) is 6.09. The second-order valence-electron chi connectivity index (χ2n) is 6.66. The summed E-state index contributed by atoms with van der Waals surface area (Å²) in [5, 5.41) is 0. The minimum Gasteiger partial charge on any atom is -0.264 e. The molecule has 1 atom stereocenters. The van der Waals surface area contributed by atoms with E-state index in [1.165, 1.54) is 64.2 Å². The Morgan fingerprint density at radius 1 is 0.875 bits per heavy atom. The van der Waals surface area contributed by atoms with E-state index in [4.69, 9.17) is 4.55 Å². The lowest BCUT2D eigenvalue weighted by molar-refractivity contribution is 0.234. The Kier molecular flexibility index (Phi) is 15.8. The molecule has 0 amide bonds. The lowest BCUT2D eigenvalue weighted by atomic mass is 9.99. The fourth-order valence-corrected chi connectivity index (χ4v) is 3.10. The monoisotopic (exact) mass is 362 g/mol.